The number of carbonyl (C=O) groups excluding carboxylic acids is 3. The fourth-order valence-corrected chi connectivity index (χ4v) is 8.73. The predicted octanol–water partition coefficient (Wildman–Crippen LogP) is 12.2. The summed E-state index contributed by atoms with van der Waals surface area (Å²) < 4.78 is 24.3. The standard InChI is InChI=1S/C59H85NO9/c1-2-3-4-5-6-7-12-17-31-42-51(67-54(63)43-32-18-13-8-10-15-23-34-48-36-25-20-26-37-48)45-53(62)60-56-58(57(65)52(46-61)68-59(56)66-47-50-40-29-22-30-41-50)69-55(64)44-33-19-14-9-11-16-24-35-49-38-27-21-28-39-49/h10-11,15-16,20-22,25-30,36-41,51-52,56-59,61,65H,2-9,12-14,17-19,23-24,31-35,42-47H2,1H3,(H,60,62)/b15-10-,16-11-/t51-,52-,56-,57-,58-,59-/m1/s1. The van der Waals surface area contributed by atoms with Gasteiger partial charge in [0.05, 0.1) is 19.6 Å². The molecule has 0 spiro atoms. The molecule has 10 nitrogen and oxygen atoms in total. The number of aliphatic hydroxyl groups excluding tert-OH is 2. The highest BCUT2D eigenvalue weighted by atomic mass is 16.7. The highest BCUT2D eigenvalue weighted by Gasteiger charge is 2.48. The maximum Gasteiger partial charge on any atom is 0.306 e. The van der Waals surface area contributed by atoms with Crippen LogP contribution in [0, 0.1) is 0 Å². The molecular weight excluding hydrogens is 867 g/mol. The van der Waals surface area contributed by atoms with Gasteiger partial charge in [0.25, 0.3) is 0 Å². The molecule has 10 heteroatoms. The van der Waals surface area contributed by atoms with E-state index >= 15 is 0 Å². The summed E-state index contributed by atoms with van der Waals surface area (Å²) in [6.07, 6.45) is 25.1. The first-order chi connectivity index (χ1) is 33.9. The van der Waals surface area contributed by atoms with Gasteiger partial charge in [0, 0.05) is 12.8 Å². The fraction of sp³-hybridized carbons (Fsp3) is 0.576. The van der Waals surface area contributed by atoms with E-state index in [9.17, 15) is 24.6 Å². The zero-order valence-corrected chi connectivity index (χ0v) is 41.8. The van der Waals surface area contributed by atoms with Crippen molar-refractivity contribution in [2.75, 3.05) is 6.61 Å². The van der Waals surface area contributed by atoms with Crippen LogP contribution in [0.2, 0.25) is 0 Å². The predicted molar refractivity (Wildman–Crippen MR) is 275 cm³/mol. The van der Waals surface area contributed by atoms with Gasteiger partial charge in [0.15, 0.2) is 12.4 Å². The van der Waals surface area contributed by atoms with Crippen molar-refractivity contribution >= 4 is 17.8 Å². The Morgan fingerprint density at radius 3 is 1.67 bits per heavy atom. The van der Waals surface area contributed by atoms with E-state index < -0.39 is 55.2 Å². The van der Waals surface area contributed by atoms with Gasteiger partial charge in [0.2, 0.25) is 5.91 Å². The Labute approximate surface area is 414 Å². The molecule has 1 heterocycles. The topological polar surface area (TPSA) is 141 Å². The minimum Gasteiger partial charge on any atom is -0.462 e. The Morgan fingerprint density at radius 1 is 0.623 bits per heavy atom. The highest BCUT2D eigenvalue weighted by Crippen LogP contribution is 2.27. The summed E-state index contributed by atoms with van der Waals surface area (Å²) in [5.74, 6) is -1.29. The van der Waals surface area contributed by atoms with E-state index in [0.717, 1.165) is 95.5 Å². The van der Waals surface area contributed by atoms with Gasteiger partial charge < -0.3 is 34.5 Å². The first-order valence-electron chi connectivity index (χ1n) is 26.5. The van der Waals surface area contributed by atoms with Crippen LogP contribution in [0.3, 0.4) is 0 Å². The van der Waals surface area contributed by atoms with Crippen LogP contribution in [0.15, 0.2) is 115 Å². The van der Waals surface area contributed by atoms with Gasteiger partial charge in [-0.25, -0.2) is 0 Å². The number of benzene rings is 3. The van der Waals surface area contributed by atoms with E-state index in [0.29, 0.717) is 19.3 Å². The summed E-state index contributed by atoms with van der Waals surface area (Å²) in [6, 6.07) is 29.2. The second-order valence-corrected chi connectivity index (χ2v) is 18.7. The average Bonchev–Trinajstić information content (AvgIpc) is 3.36. The molecule has 1 fully saturated rings. The van der Waals surface area contributed by atoms with E-state index in [4.69, 9.17) is 18.9 Å². The lowest BCUT2D eigenvalue weighted by Gasteiger charge is -2.43. The number of nitrogens with one attached hydrogen (secondary N) is 1. The number of aryl methyl sites for hydroxylation is 2. The molecule has 3 N–H and O–H groups in total. The van der Waals surface area contributed by atoms with Gasteiger partial charge >= 0.3 is 11.9 Å². The van der Waals surface area contributed by atoms with Gasteiger partial charge in [-0.05, 0) is 93.7 Å². The fourth-order valence-electron chi connectivity index (χ4n) is 8.73. The Hall–Kier alpha value is -4.61. The average molecular weight is 952 g/mol. The Morgan fingerprint density at radius 2 is 1.12 bits per heavy atom. The van der Waals surface area contributed by atoms with Gasteiger partial charge in [-0.2, -0.15) is 0 Å². The van der Waals surface area contributed by atoms with E-state index in [1.807, 2.05) is 42.5 Å². The molecule has 1 aliphatic rings. The number of unbranched alkanes of at least 4 members (excludes halogenated alkanes) is 14. The second kappa shape index (κ2) is 36.3. The molecule has 0 aliphatic carbocycles. The molecule has 1 aliphatic heterocycles. The van der Waals surface area contributed by atoms with Gasteiger partial charge in [-0.3, -0.25) is 14.4 Å². The van der Waals surface area contributed by atoms with Gasteiger partial charge in [0.1, 0.15) is 24.4 Å². The van der Waals surface area contributed by atoms with Crippen LogP contribution in [-0.4, -0.2) is 71.4 Å². The third-order valence-corrected chi connectivity index (χ3v) is 12.8. The molecule has 1 amide bonds. The zero-order chi connectivity index (χ0) is 49.0. The number of hydrogen-bond acceptors (Lipinski definition) is 9. The van der Waals surface area contributed by atoms with Crippen molar-refractivity contribution in [2.24, 2.45) is 0 Å². The van der Waals surface area contributed by atoms with Crippen molar-refractivity contribution in [3.8, 4) is 0 Å². The number of rotatable bonds is 37. The third kappa shape index (κ3) is 25.2. The lowest BCUT2D eigenvalue weighted by molar-refractivity contribution is -0.276. The maximum atomic E-state index is 14.1. The second-order valence-electron chi connectivity index (χ2n) is 18.7. The lowest BCUT2D eigenvalue weighted by atomic mass is 9.96. The lowest BCUT2D eigenvalue weighted by Crippen LogP contribution is -2.66. The Balaban J connectivity index is 1.32. The smallest absolute Gasteiger partial charge is 0.306 e. The molecule has 0 radical (unpaired) electrons. The van der Waals surface area contributed by atoms with Crippen LogP contribution in [0.5, 0.6) is 0 Å². The van der Waals surface area contributed by atoms with Crippen molar-refractivity contribution in [2.45, 2.75) is 211 Å². The maximum absolute atomic E-state index is 14.1. The molecule has 0 unspecified atom stereocenters. The highest BCUT2D eigenvalue weighted by molar-refractivity contribution is 5.78. The summed E-state index contributed by atoms with van der Waals surface area (Å²) in [5, 5.41) is 24.7. The van der Waals surface area contributed by atoms with Crippen LogP contribution < -0.4 is 5.32 Å². The molecule has 6 atom stereocenters. The molecule has 69 heavy (non-hydrogen) atoms. The van der Waals surface area contributed by atoms with Crippen LogP contribution >= 0.6 is 0 Å². The van der Waals surface area contributed by atoms with Crippen molar-refractivity contribution in [1.82, 2.24) is 5.32 Å². The molecular formula is C59H85NO9. The van der Waals surface area contributed by atoms with Crippen LogP contribution in [0.4, 0.5) is 0 Å². The van der Waals surface area contributed by atoms with Crippen molar-refractivity contribution in [3.63, 3.8) is 0 Å². The molecule has 0 bridgehead atoms. The molecule has 0 saturated carbocycles. The third-order valence-electron chi connectivity index (χ3n) is 12.8. The quantitative estimate of drug-likeness (QED) is 0.0293. The summed E-state index contributed by atoms with van der Waals surface area (Å²) in [4.78, 5) is 40.7. The minimum absolute atomic E-state index is 0.108. The molecule has 4 rings (SSSR count). The Bertz CT molecular complexity index is 1840. The number of ether oxygens (including phenoxy) is 4. The number of amides is 1. The minimum atomic E-state index is -1.44. The summed E-state index contributed by atoms with van der Waals surface area (Å²) >= 11 is 0. The normalized spacial score (nSPS) is 18.6. The number of carbonyl (C=O) groups is 3. The summed E-state index contributed by atoms with van der Waals surface area (Å²) in [7, 11) is 0. The largest absolute Gasteiger partial charge is 0.462 e. The molecule has 0 aromatic heterocycles. The van der Waals surface area contributed by atoms with E-state index in [1.54, 1.807) is 0 Å². The van der Waals surface area contributed by atoms with E-state index in [2.05, 4.69) is 85.1 Å². The van der Waals surface area contributed by atoms with Crippen LogP contribution in [0.25, 0.3) is 0 Å². The van der Waals surface area contributed by atoms with Crippen molar-refractivity contribution in [3.05, 3.63) is 132 Å². The monoisotopic (exact) mass is 952 g/mol. The first-order valence-corrected chi connectivity index (χ1v) is 26.5. The Kier molecular flexibility index (Phi) is 30.0. The zero-order valence-electron chi connectivity index (χ0n) is 41.8. The number of allylic oxidation sites excluding steroid dienone is 4. The van der Waals surface area contributed by atoms with Crippen molar-refractivity contribution in [1.29, 1.82) is 0 Å². The van der Waals surface area contributed by atoms with Gasteiger partial charge in [-0.1, -0.05) is 186 Å². The van der Waals surface area contributed by atoms with E-state index in [1.165, 1.54) is 43.2 Å². The number of aliphatic hydroxyl groups is 2. The first kappa shape index (κ1) is 57.0. The van der Waals surface area contributed by atoms with Crippen molar-refractivity contribution < 1.29 is 43.5 Å². The molecule has 380 valence electrons. The molecule has 3 aromatic carbocycles. The number of esters is 2. The molecule has 1 saturated heterocycles. The SMILES string of the molecule is CCCCCCCCCCC[C@H](CC(=O)N[C@H]1[C@H](OCc2ccccc2)O[C@H](CO)[C@@H](O)[C@@H]1OC(=O)CCCCC/C=C\CCc1ccccc1)OC(=O)CCCCC/C=C\CCc1ccccc1. The van der Waals surface area contributed by atoms with Crippen LogP contribution in [-0.2, 0) is 52.8 Å². The van der Waals surface area contributed by atoms with Crippen LogP contribution in [0.1, 0.15) is 171 Å². The van der Waals surface area contributed by atoms with E-state index in [-0.39, 0.29) is 31.8 Å². The summed E-state index contributed by atoms with van der Waals surface area (Å²) in [6.45, 7) is 1.78. The summed E-state index contributed by atoms with van der Waals surface area (Å²) in [5.41, 5.74) is 3.50. The molecule has 3 aromatic rings. The van der Waals surface area contributed by atoms with Gasteiger partial charge in [-0.15, -0.1) is 0 Å². The number of hydrogen-bond donors (Lipinski definition) is 3.